The average molecular weight is 252 g/mol. The van der Waals surface area contributed by atoms with Gasteiger partial charge >= 0.3 is 0 Å². The van der Waals surface area contributed by atoms with Crippen LogP contribution < -0.4 is 11.3 Å². The number of carbonyl (C=O) groups excluding carboxylic acids is 1. The van der Waals surface area contributed by atoms with Crippen LogP contribution in [0.25, 0.3) is 0 Å². The first-order valence-corrected chi connectivity index (χ1v) is 6.06. The van der Waals surface area contributed by atoms with Crippen molar-refractivity contribution in [3.05, 3.63) is 23.9 Å². The first-order valence-electron chi connectivity index (χ1n) is 6.06. The lowest BCUT2D eigenvalue weighted by Gasteiger charge is -2.22. The number of amides is 1. The van der Waals surface area contributed by atoms with E-state index in [0.717, 1.165) is 12.8 Å². The molecule has 1 heterocycles. The standard InChI is InChI=1S/C12H20N4O2/c1-2-3-7-16(8-9-17)12(18)10-5-4-6-14-11(10)15-13/h4-6,17H,2-3,7-9,13H2,1H3,(H,14,15). The first-order chi connectivity index (χ1) is 8.74. The van der Waals surface area contributed by atoms with Crippen LogP contribution in [-0.4, -0.2) is 40.6 Å². The van der Waals surface area contributed by atoms with E-state index in [9.17, 15) is 4.79 Å². The third-order valence-electron chi connectivity index (χ3n) is 2.61. The fourth-order valence-electron chi connectivity index (χ4n) is 1.65. The molecule has 0 radical (unpaired) electrons. The number of hydrazine groups is 1. The minimum absolute atomic E-state index is 0.0545. The molecule has 0 saturated carbocycles. The van der Waals surface area contributed by atoms with Crippen LogP contribution in [0.5, 0.6) is 0 Å². The van der Waals surface area contributed by atoms with Gasteiger partial charge in [0.25, 0.3) is 5.91 Å². The summed E-state index contributed by atoms with van der Waals surface area (Å²) in [4.78, 5) is 17.9. The molecule has 6 heteroatoms. The van der Waals surface area contributed by atoms with Gasteiger partial charge in [-0.05, 0) is 18.6 Å². The van der Waals surface area contributed by atoms with Gasteiger partial charge in [-0.25, -0.2) is 10.8 Å². The van der Waals surface area contributed by atoms with Gasteiger partial charge in [-0.1, -0.05) is 13.3 Å². The van der Waals surface area contributed by atoms with Crippen molar-refractivity contribution in [3.63, 3.8) is 0 Å². The molecule has 0 bridgehead atoms. The van der Waals surface area contributed by atoms with Gasteiger partial charge in [0.15, 0.2) is 5.82 Å². The number of rotatable bonds is 7. The van der Waals surface area contributed by atoms with Crippen LogP contribution in [-0.2, 0) is 0 Å². The molecule has 1 rings (SSSR count). The molecular formula is C12H20N4O2. The third-order valence-corrected chi connectivity index (χ3v) is 2.61. The second-order valence-corrected chi connectivity index (χ2v) is 3.91. The predicted octanol–water partition coefficient (Wildman–Crippen LogP) is 0.602. The van der Waals surface area contributed by atoms with Gasteiger partial charge in [0.1, 0.15) is 0 Å². The highest BCUT2D eigenvalue weighted by molar-refractivity contribution is 5.98. The number of aliphatic hydroxyl groups is 1. The summed E-state index contributed by atoms with van der Waals surface area (Å²) in [7, 11) is 0. The van der Waals surface area contributed by atoms with Gasteiger partial charge in [-0.15, -0.1) is 0 Å². The Bertz CT molecular complexity index is 384. The molecule has 6 nitrogen and oxygen atoms in total. The summed E-state index contributed by atoms with van der Waals surface area (Å²) < 4.78 is 0. The van der Waals surface area contributed by atoms with Crippen molar-refractivity contribution in [1.82, 2.24) is 9.88 Å². The highest BCUT2D eigenvalue weighted by atomic mass is 16.3. The number of carbonyl (C=O) groups is 1. The van der Waals surface area contributed by atoms with Gasteiger partial charge in [-0.3, -0.25) is 4.79 Å². The molecule has 1 aromatic heterocycles. The number of nitrogens with zero attached hydrogens (tertiary/aromatic N) is 2. The molecule has 0 fully saturated rings. The summed E-state index contributed by atoms with van der Waals surface area (Å²) in [5, 5.41) is 9.01. The van der Waals surface area contributed by atoms with Crippen molar-refractivity contribution in [3.8, 4) is 0 Å². The number of nitrogens with one attached hydrogen (secondary N) is 1. The van der Waals surface area contributed by atoms with Gasteiger partial charge in [0.05, 0.1) is 12.2 Å². The maximum Gasteiger partial charge on any atom is 0.257 e. The number of aliphatic hydroxyl groups excluding tert-OH is 1. The fraction of sp³-hybridized carbons (Fsp3) is 0.500. The minimum atomic E-state index is -0.168. The fourth-order valence-corrected chi connectivity index (χ4v) is 1.65. The summed E-state index contributed by atoms with van der Waals surface area (Å²) >= 11 is 0. The number of aromatic nitrogens is 1. The molecule has 0 aromatic carbocycles. The Hall–Kier alpha value is -1.66. The lowest BCUT2D eigenvalue weighted by molar-refractivity contribution is 0.0720. The molecule has 0 atom stereocenters. The topological polar surface area (TPSA) is 91.5 Å². The van der Waals surface area contributed by atoms with E-state index >= 15 is 0 Å². The average Bonchev–Trinajstić information content (AvgIpc) is 2.42. The third kappa shape index (κ3) is 3.68. The largest absolute Gasteiger partial charge is 0.395 e. The molecule has 1 aromatic rings. The lowest BCUT2D eigenvalue weighted by Crippen LogP contribution is -2.35. The van der Waals surface area contributed by atoms with Crippen molar-refractivity contribution < 1.29 is 9.90 Å². The summed E-state index contributed by atoms with van der Waals surface area (Å²) in [6, 6.07) is 3.35. The summed E-state index contributed by atoms with van der Waals surface area (Å²) in [6.07, 6.45) is 3.45. The second-order valence-electron chi connectivity index (χ2n) is 3.91. The Balaban J connectivity index is 2.86. The molecule has 0 saturated heterocycles. The van der Waals surface area contributed by atoms with Crippen LogP contribution in [0, 0.1) is 0 Å². The van der Waals surface area contributed by atoms with E-state index in [1.54, 1.807) is 23.2 Å². The Morgan fingerprint density at radius 2 is 2.33 bits per heavy atom. The molecule has 1 amide bonds. The smallest absolute Gasteiger partial charge is 0.257 e. The van der Waals surface area contributed by atoms with Gasteiger partial charge < -0.3 is 15.4 Å². The predicted molar refractivity (Wildman–Crippen MR) is 69.9 cm³/mol. The summed E-state index contributed by atoms with van der Waals surface area (Å²) in [5.41, 5.74) is 2.83. The van der Waals surface area contributed by atoms with Crippen LogP contribution >= 0.6 is 0 Å². The van der Waals surface area contributed by atoms with E-state index in [4.69, 9.17) is 10.9 Å². The monoisotopic (exact) mass is 252 g/mol. The van der Waals surface area contributed by atoms with Crippen LogP contribution in [0.2, 0.25) is 0 Å². The Labute approximate surface area is 107 Å². The van der Waals surface area contributed by atoms with Crippen LogP contribution in [0.3, 0.4) is 0 Å². The van der Waals surface area contributed by atoms with Crippen molar-refractivity contribution in [2.24, 2.45) is 5.84 Å². The van der Waals surface area contributed by atoms with Crippen molar-refractivity contribution in [2.75, 3.05) is 25.1 Å². The normalized spacial score (nSPS) is 10.2. The van der Waals surface area contributed by atoms with Crippen molar-refractivity contribution in [1.29, 1.82) is 0 Å². The zero-order valence-electron chi connectivity index (χ0n) is 10.6. The number of hydrogen-bond acceptors (Lipinski definition) is 5. The Morgan fingerprint density at radius 1 is 1.56 bits per heavy atom. The first kappa shape index (κ1) is 14.4. The number of anilines is 1. The van der Waals surface area contributed by atoms with Gasteiger partial charge in [-0.2, -0.15) is 0 Å². The number of nitrogens with two attached hydrogens (primary N) is 1. The molecule has 0 aliphatic heterocycles. The maximum absolute atomic E-state index is 12.3. The molecule has 0 aliphatic rings. The van der Waals surface area contributed by atoms with E-state index in [1.165, 1.54) is 0 Å². The number of unbranched alkanes of at least 4 members (excludes halogenated alkanes) is 1. The molecule has 4 N–H and O–H groups in total. The van der Waals surface area contributed by atoms with Crippen LogP contribution in [0.1, 0.15) is 30.1 Å². The van der Waals surface area contributed by atoms with Crippen molar-refractivity contribution in [2.45, 2.75) is 19.8 Å². The maximum atomic E-state index is 12.3. The molecular weight excluding hydrogens is 232 g/mol. The summed E-state index contributed by atoms with van der Waals surface area (Å²) in [6.45, 7) is 2.94. The van der Waals surface area contributed by atoms with E-state index in [0.29, 0.717) is 24.5 Å². The van der Waals surface area contributed by atoms with Crippen molar-refractivity contribution >= 4 is 11.7 Å². The second kappa shape index (κ2) is 7.62. The number of pyridine rings is 1. The molecule has 18 heavy (non-hydrogen) atoms. The van der Waals surface area contributed by atoms with Gasteiger partial charge in [0, 0.05) is 19.3 Å². The van der Waals surface area contributed by atoms with E-state index in [-0.39, 0.29) is 12.5 Å². The quantitative estimate of drug-likeness (QED) is 0.488. The number of nitrogen functional groups attached to an aromatic ring is 1. The van der Waals surface area contributed by atoms with Gasteiger partial charge in [0.2, 0.25) is 0 Å². The molecule has 0 aliphatic carbocycles. The summed E-state index contributed by atoms with van der Waals surface area (Å²) in [5.74, 6) is 5.51. The molecule has 100 valence electrons. The Kier molecular flexibility index (Phi) is 6.10. The zero-order valence-corrected chi connectivity index (χ0v) is 10.6. The van der Waals surface area contributed by atoms with Crippen LogP contribution in [0.15, 0.2) is 18.3 Å². The highest BCUT2D eigenvalue weighted by Crippen LogP contribution is 2.13. The number of hydrogen-bond donors (Lipinski definition) is 3. The Morgan fingerprint density at radius 3 is 2.94 bits per heavy atom. The molecule has 0 unspecified atom stereocenters. The zero-order chi connectivity index (χ0) is 13.4. The highest BCUT2D eigenvalue weighted by Gasteiger charge is 2.18. The van der Waals surface area contributed by atoms with Crippen LogP contribution in [0.4, 0.5) is 5.82 Å². The SMILES string of the molecule is CCCCN(CCO)C(=O)c1cccnc1NN. The minimum Gasteiger partial charge on any atom is -0.395 e. The van der Waals surface area contributed by atoms with E-state index in [2.05, 4.69) is 17.3 Å². The van der Waals surface area contributed by atoms with E-state index < -0.39 is 0 Å². The lowest BCUT2D eigenvalue weighted by atomic mass is 10.2. The van der Waals surface area contributed by atoms with E-state index in [1.807, 2.05) is 0 Å². The molecule has 0 spiro atoms.